The molecule has 8 heteroatoms. The molecule has 0 saturated carbocycles. The van der Waals surface area contributed by atoms with Crippen molar-refractivity contribution in [3.8, 4) is 0 Å². The Kier molecular flexibility index (Phi) is 4.41. The number of aryl methyl sites for hydroxylation is 2. The van der Waals surface area contributed by atoms with Gasteiger partial charge in [0.05, 0.1) is 18.2 Å². The van der Waals surface area contributed by atoms with Crippen molar-refractivity contribution in [2.75, 3.05) is 5.73 Å². The van der Waals surface area contributed by atoms with Crippen LogP contribution in [0.3, 0.4) is 0 Å². The van der Waals surface area contributed by atoms with Gasteiger partial charge in [-0.25, -0.2) is 9.67 Å². The Morgan fingerprint density at radius 1 is 1.35 bits per heavy atom. The van der Waals surface area contributed by atoms with Crippen LogP contribution in [0.1, 0.15) is 17.1 Å². The van der Waals surface area contributed by atoms with E-state index in [-0.39, 0.29) is 12.4 Å². The van der Waals surface area contributed by atoms with Gasteiger partial charge in [-0.3, -0.25) is 0 Å². The van der Waals surface area contributed by atoms with E-state index in [1.807, 2.05) is 18.3 Å². The summed E-state index contributed by atoms with van der Waals surface area (Å²) >= 11 is 0. The third-order valence-corrected chi connectivity index (χ3v) is 2.78. The molecule has 0 aliphatic heterocycles. The molecule has 3 heterocycles. The summed E-state index contributed by atoms with van der Waals surface area (Å²) < 4.78 is 7.02. The predicted octanol–water partition coefficient (Wildman–Crippen LogP) is 1.43. The van der Waals surface area contributed by atoms with Gasteiger partial charge in [0.2, 0.25) is 0 Å². The molecule has 0 fully saturated rings. The van der Waals surface area contributed by atoms with Crippen LogP contribution in [0.5, 0.6) is 0 Å². The Morgan fingerprint density at radius 2 is 2.25 bits per heavy atom. The molecule has 0 saturated heterocycles. The lowest BCUT2D eigenvalue weighted by Gasteiger charge is -1.95. The maximum absolute atomic E-state index is 5.52. The minimum Gasteiger partial charge on any atom is -0.467 e. The van der Waals surface area contributed by atoms with Gasteiger partial charge in [-0.1, -0.05) is 5.21 Å². The maximum Gasteiger partial charge on any atom is 0.197 e. The lowest BCUT2D eigenvalue weighted by atomic mass is 10.2. The molecule has 0 amide bonds. The van der Waals surface area contributed by atoms with Crippen LogP contribution >= 0.6 is 12.4 Å². The number of nitrogen functional groups attached to an aromatic ring is 1. The molecule has 20 heavy (non-hydrogen) atoms. The van der Waals surface area contributed by atoms with Gasteiger partial charge in [0, 0.05) is 11.9 Å². The number of nitrogens with one attached hydrogen (secondary N) is 1. The molecular formula is C12H15ClN6O. The zero-order valence-electron chi connectivity index (χ0n) is 10.7. The summed E-state index contributed by atoms with van der Waals surface area (Å²) in [5.74, 6) is 1.30. The summed E-state index contributed by atoms with van der Waals surface area (Å²) in [6.45, 7) is 0.594. The quantitative estimate of drug-likeness (QED) is 0.742. The first-order chi connectivity index (χ1) is 9.29. The molecule has 3 N–H and O–H groups in total. The van der Waals surface area contributed by atoms with Crippen molar-refractivity contribution in [2.24, 2.45) is 0 Å². The van der Waals surface area contributed by atoms with Gasteiger partial charge in [0.15, 0.2) is 5.95 Å². The first kappa shape index (κ1) is 14.1. The van der Waals surface area contributed by atoms with Crippen LogP contribution in [-0.4, -0.2) is 25.0 Å². The number of hydrogen-bond donors (Lipinski definition) is 2. The summed E-state index contributed by atoms with van der Waals surface area (Å²) in [5.41, 5.74) is 7.45. The highest BCUT2D eigenvalue weighted by Crippen LogP contribution is 2.06. The molecule has 0 aromatic carbocycles. The zero-order chi connectivity index (χ0) is 13.1. The van der Waals surface area contributed by atoms with E-state index < -0.39 is 0 Å². The number of imidazole rings is 1. The van der Waals surface area contributed by atoms with Gasteiger partial charge in [0.1, 0.15) is 12.3 Å². The van der Waals surface area contributed by atoms with Crippen LogP contribution in [-0.2, 0) is 19.4 Å². The third-order valence-electron chi connectivity index (χ3n) is 2.78. The van der Waals surface area contributed by atoms with Crippen LogP contribution in [0.2, 0.25) is 0 Å². The molecule has 7 nitrogen and oxygen atoms in total. The fraction of sp³-hybridized carbons (Fsp3) is 0.250. The second kappa shape index (κ2) is 6.25. The van der Waals surface area contributed by atoms with E-state index >= 15 is 0 Å². The zero-order valence-corrected chi connectivity index (χ0v) is 11.5. The highest BCUT2D eigenvalue weighted by atomic mass is 35.5. The van der Waals surface area contributed by atoms with Crippen LogP contribution in [0, 0.1) is 0 Å². The smallest absolute Gasteiger partial charge is 0.197 e. The predicted molar refractivity (Wildman–Crippen MR) is 75.5 cm³/mol. The molecule has 3 aromatic heterocycles. The highest BCUT2D eigenvalue weighted by Gasteiger charge is 2.04. The molecule has 0 aliphatic carbocycles. The van der Waals surface area contributed by atoms with Crippen LogP contribution < -0.4 is 5.73 Å². The Balaban J connectivity index is 0.00000147. The van der Waals surface area contributed by atoms with E-state index in [0.717, 1.165) is 30.0 Å². The second-order valence-electron chi connectivity index (χ2n) is 4.28. The molecule has 0 atom stereocenters. The average molecular weight is 295 g/mol. The van der Waals surface area contributed by atoms with E-state index in [1.54, 1.807) is 17.1 Å². The van der Waals surface area contributed by atoms with Crippen LogP contribution in [0.15, 0.2) is 35.2 Å². The van der Waals surface area contributed by atoms with E-state index in [2.05, 4.69) is 20.3 Å². The van der Waals surface area contributed by atoms with Gasteiger partial charge in [-0.2, -0.15) is 0 Å². The van der Waals surface area contributed by atoms with Gasteiger partial charge >= 0.3 is 0 Å². The molecule has 0 radical (unpaired) electrons. The second-order valence-corrected chi connectivity index (χ2v) is 4.28. The first-order valence-electron chi connectivity index (χ1n) is 6.00. The Bertz CT molecular complexity index is 645. The number of rotatable bonds is 5. The van der Waals surface area contributed by atoms with Crippen molar-refractivity contribution in [3.05, 3.63) is 47.9 Å². The van der Waals surface area contributed by atoms with Gasteiger partial charge in [-0.15, -0.1) is 17.5 Å². The number of aromatic amines is 1. The topological polar surface area (TPSA) is 98.6 Å². The Hall–Kier alpha value is -2.28. The van der Waals surface area contributed by atoms with Crippen LogP contribution in [0.25, 0.3) is 0 Å². The van der Waals surface area contributed by atoms with Gasteiger partial charge < -0.3 is 15.1 Å². The minimum atomic E-state index is 0. The fourth-order valence-electron chi connectivity index (χ4n) is 1.86. The summed E-state index contributed by atoms with van der Waals surface area (Å²) in [7, 11) is 0. The number of anilines is 1. The SMILES string of the molecule is Cl.Nc1ncc(CCc2cn(Cc3ccco3)nn2)[nH]1. The van der Waals surface area contributed by atoms with Crippen molar-refractivity contribution in [2.45, 2.75) is 19.4 Å². The first-order valence-corrected chi connectivity index (χ1v) is 6.00. The molecule has 0 spiro atoms. The van der Waals surface area contributed by atoms with E-state index in [4.69, 9.17) is 10.2 Å². The molecule has 3 aromatic rings. The third kappa shape index (κ3) is 3.39. The standard InChI is InChI=1S/C12H14N6O.ClH/c13-12-14-6-9(15-12)3-4-10-7-18(17-16-10)8-11-2-1-5-19-11;/h1-2,5-7H,3-4,8H2,(H3,13,14,15);1H. The molecular weight excluding hydrogens is 280 g/mol. The lowest BCUT2D eigenvalue weighted by Crippen LogP contribution is -1.98. The Morgan fingerprint density at radius 3 is 2.95 bits per heavy atom. The summed E-state index contributed by atoms with van der Waals surface area (Å²) in [6, 6.07) is 3.77. The minimum absolute atomic E-state index is 0. The van der Waals surface area contributed by atoms with E-state index in [1.165, 1.54) is 0 Å². The van der Waals surface area contributed by atoms with Crippen molar-refractivity contribution in [3.63, 3.8) is 0 Å². The summed E-state index contributed by atoms with van der Waals surface area (Å²) in [5, 5.41) is 8.19. The van der Waals surface area contributed by atoms with E-state index in [0.29, 0.717) is 12.5 Å². The highest BCUT2D eigenvalue weighted by molar-refractivity contribution is 5.85. The number of furan rings is 1. The van der Waals surface area contributed by atoms with Crippen molar-refractivity contribution in [1.29, 1.82) is 0 Å². The number of halogens is 1. The van der Waals surface area contributed by atoms with Crippen molar-refractivity contribution in [1.82, 2.24) is 25.0 Å². The van der Waals surface area contributed by atoms with Gasteiger partial charge in [0.25, 0.3) is 0 Å². The van der Waals surface area contributed by atoms with Crippen LogP contribution in [0.4, 0.5) is 5.95 Å². The molecule has 0 unspecified atom stereocenters. The number of H-pyrrole nitrogens is 1. The number of hydrogen-bond acceptors (Lipinski definition) is 5. The summed E-state index contributed by atoms with van der Waals surface area (Å²) in [6.07, 6.45) is 6.91. The largest absolute Gasteiger partial charge is 0.467 e. The van der Waals surface area contributed by atoms with E-state index in [9.17, 15) is 0 Å². The molecule has 106 valence electrons. The molecule has 3 rings (SSSR count). The summed E-state index contributed by atoms with van der Waals surface area (Å²) in [4.78, 5) is 6.94. The number of nitrogens with zero attached hydrogens (tertiary/aromatic N) is 4. The number of aromatic nitrogens is 5. The normalized spacial score (nSPS) is 10.4. The molecule has 0 aliphatic rings. The lowest BCUT2D eigenvalue weighted by molar-refractivity contribution is 0.475. The monoisotopic (exact) mass is 294 g/mol. The maximum atomic E-state index is 5.52. The Labute approximate surface area is 121 Å². The van der Waals surface area contributed by atoms with Gasteiger partial charge in [-0.05, 0) is 25.0 Å². The van der Waals surface area contributed by atoms with Crippen molar-refractivity contribution < 1.29 is 4.42 Å². The molecule has 0 bridgehead atoms. The van der Waals surface area contributed by atoms with Crippen molar-refractivity contribution >= 4 is 18.4 Å². The number of nitrogens with two attached hydrogens (primary N) is 1. The average Bonchev–Trinajstić information content (AvgIpc) is 3.10. The fourth-order valence-corrected chi connectivity index (χ4v) is 1.86.